The summed E-state index contributed by atoms with van der Waals surface area (Å²) in [6.45, 7) is 1.68. The number of methoxy groups -OCH3 is 2. The Labute approximate surface area is 190 Å². The molecule has 32 heavy (non-hydrogen) atoms. The van der Waals surface area contributed by atoms with E-state index in [9.17, 15) is 13.2 Å². The summed E-state index contributed by atoms with van der Waals surface area (Å²) in [7, 11) is -0.720. The Morgan fingerprint density at radius 2 is 1.72 bits per heavy atom. The number of amides is 1. The summed E-state index contributed by atoms with van der Waals surface area (Å²) in [5, 5.41) is 3.01. The molecule has 1 aliphatic carbocycles. The van der Waals surface area contributed by atoms with E-state index in [4.69, 9.17) is 9.47 Å². The first-order valence-electron chi connectivity index (χ1n) is 10.9. The van der Waals surface area contributed by atoms with Gasteiger partial charge in [-0.2, -0.15) is 0 Å². The normalized spacial score (nSPS) is 14.2. The number of nitrogens with zero attached hydrogens (tertiary/aromatic N) is 1. The number of sulfonamides is 1. The number of rotatable bonds is 9. The van der Waals surface area contributed by atoms with Crippen molar-refractivity contribution in [2.24, 2.45) is 0 Å². The Hall–Kier alpha value is -2.74. The molecule has 0 aliphatic heterocycles. The summed E-state index contributed by atoms with van der Waals surface area (Å²) in [5.41, 5.74) is 4.13. The Morgan fingerprint density at radius 1 is 1.03 bits per heavy atom. The summed E-state index contributed by atoms with van der Waals surface area (Å²) in [6.07, 6.45) is 6.37. The van der Waals surface area contributed by atoms with Crippen molar-refractivity contribution in [1.82, 2.24) is 5.32 Å². The molecule has 2 aromatic rings. The number of aryl methyl sites for hydroxylation is 2. The minimum atomic E-state index is -3.70. The van der Waals surface area contributed by atoms with Crippen molar-refractivity contribution in [2.75, 3.05) is 31.3 Å². The predicted octanol–water partition coefficient (Wildman–Crippen LogP) is 3.62. The number of anilines is 1. The predicted molar refractivity (Wildman–Crippen MR) is 126 cm³/mol. The molecule has 0 radical (unpaired) electrons. The largest absolute Gasteiger partial charge is 0.493 e. The molecule has 0 heterocycles. The third-order valence-corrected chi connectivity index (χ3v) is 7.00. The van der Waals surface area contributed by atoms with Gasteiger partial charge in [0.1, 0.15) is 6.54 Å². The number of hydrogen-bond donors (Lipinski definition) is 1. The van der Waals surface area contributed by atoms with Gasteiger partial charge in [-0.25, -0.2) is 8.42 Å². The fourth-order valence-electron chi connectivity index (χ4n) is 4.14. The first kappa shape index (κ1) is 23.9. The van der Waals surface area contributed by atoms with E-state index in [0.29, 0.717) is 23.6 Å². The number of nitrogens with one attached hydrogen (secondary N) is 1. The van der Waals surface area contributed by atoms with Crippen LogP contribution in [0.5, 0.6) is 11.5 Å². The lowest BCUT2D eigenvalue weighted by atomic mass is 9.89. The highest BCUT2D eigenvalue weighted by Crippen LogP contribution is 2.32. The molecule has 0 bridgehead atoms. The van der Waals surface area contributed by atoms with Gasteiger partial charge in [0.25, 0.3) is 0 Å². The van der Waals surface area contributed by atoms with Crippen LogP contribution in [0.3, 0.4) is 0 Å². The van der Waals surface area contributed by atoms with Crippen LogP contribution in [0.4, 0.5) is 5.69 Å². The van der Waals surface area contributed by atoms with Crippen molar-refractivity contribution >= 4 is 21.6 Å². The Balaban J connectivity index is 1.79. The SMILES string of the molecule is CC[C@@H](NC(=O)CN(c1ccc(OC)c(OC)c1)S(C)(=O)=O)c1ccc2c(c1)CCCC2. The summed E-state index contributed by atoms with van der Waals surface area (Å²) in [6, 6.07) is 11.0. The molecule has 0 saturated heterocycles. The highest BCUT2D eigenvalue weighted by Gasteiger charge is 2.24. The van der Waals surface area contributed by atoms with Crippen molar-refractivity contribution in [1.29, 1.82) is 0 Å². The molecule has 174 valence electrons. The highest BCUT2D eigenvalue weighted by atomic mass is 32.2. The lowest BCUT2D eigenvalue weighted by molar-refractivity contribution is -0.120. The first-order chi connectivity index (χ1) is 15.3. The molecule has 1 amide bonds. The van der Waals surface area contributed by atoms with Crippen molar-refractivity contribution in [3.8, 4) is 11.5 Å². The molecule has 0 aromatic heterocycles. The monoisotopic (exact) mass is 460 g/mol. The molecule has 0 saturated carbocycles. The van der Waals surface area contributed by atoms with Gasteiger partial charge in [0, 0.05) is 6.07 Å². The average Bonchev–Trinajstić information content (AvgIpc) is 2.79. The second kappa shape index (κ2) is 10.3. The van der Waals surface area contributed by atoms with Gasteiger partial charge in [-0.1, -0.05) is 25.1 Å². The summed E-state index contributed by atoms with van der Waals surface area (Å²) in [5.74, 6) is 0.502. The number of hydrogen-bond acceptors (Lipinski definition) is 5. The zero-order chi connectivity index (χ0) is 23.3. The van der Waals surface area contributed by atoms with Crippen molar-refractivity contribution < 1.29 is 22.7 Å². The van der Waals surface area contributed by atoms with Crippen molar-refractivity contribution in [3.63, 3.8) is 0 Å². The highest BCUT2D eigenvalue weighted by molar-refractivity contribution is 7.92. The average molecular weight is 461 g/mol. The summed E-state index contributed by atoms with van der Waals surface area (Å²) >= 11 is 0. The first-order valence-corrected chi connectivity index (χ1v) is 12.7. The van der Waals surface area contributed by atoms with Crippen LogP contribution in [0.15, 0.2) is 36.4 Å². The van der Waals surface area contributed by atoms with E-state index < -0.39 is 10.0 Å². The smallest absolute Gasteiger partial charge is 0.241 e. The Morgan fingerprint density at radius 3 is 2.34 bits per heavy atom. The van der Waals surface area contributed by atoms with E-state index in [1.54, 1.807) is 18.2 Å². The molecular weight excluding hydrogens is 428 g/mol. The molecule has 1 N–H and O–H groups in total. The second-order valence-corrected chi connectivity index (χ2v) is 9.98. The zero-order valence-corrected chi connectivity index (χ0v) is 20.0. The quantitative estimate of drug-likeness (QED) is 0.618. The molecule has 0 spiro atoms. The van der Waals surface area contributed by atoms with Gasteiger partial charge >= 0.3 is 0 Å². The van der Waals surface area contributed by atoms with E-state index in [2.05, 4.69) is 23.5 Å². The number of benzene rings is 2. The molecule has 0 unspecified atom stereocenters. The molecule has 7 nitrogen and oxygen atoms in total. The summed E-state index contributed by atoms with van der Waals surface area (Å²) in [4.78, 5) is 12.9. The molecule has 8 heteroatoms. The van der Waals surface area contributed by atoms with E-state index >= 15 is 0 Å². The molecule has 2 aromatic carbocycles. The van der Waals surface area contributed by atoms with Crippen LogP contribution >= 0.6 is 0 Å². The lowest BCUT2D eigenvalue weighted by Gasteiger charge is -2.25. The van der Waals surface area contributed by atoms with E-state index in [1.165, 1.54) is 38.2 Å². The third kappa shape index (κ3) is 5.54. The van der Waals surface area contributed by atoms with Gasteiger partial charge in [-0.15, -0.1) is 0 Å². The minimum absolute atomic E-state index is 0.179. The molecule has 1 atom stereocenters. The molecular formula is C24H32N2O5S. The zero-order valence-electron chi connectivity index (χ0n) is 19.2. The van der Waals surface area contributed by atoms with Crippen LogP contribution in [-0.2, 0) is 27.7 Å². The van der Waals surface area contributed by atoms with Crippen LogP contribution < -0.4 is 19.1 Å². The number of fused-ring (bicyclic) bond motifs is 1. The van der Waals surface area contributed by atoms with Gasteiger partial charge < -0.3 is 14.8 Å². The second-order valence-electron chi connectivity index (χ2n) is 8.07. The van der Waals surface area contributed by atoms with Gasteiger partial charge in [-0.3, -0.25) is 9.10 Å². The van der Waals surface area contributed by atoms with Crippen molar-refractivity contribution in [2.45, 2.75) is 45.1 Å². The Bertz CT molecular complexity index is 1070. The van der Waals surface area contributed by atoms with Gasteiger partial charge in [-0.05, 0) is 60.9 Å². The van der Waals surface area contributed by atoms with E-state index in [1.807, 2.05) is 6.92 Å². The van der Waals surface area contributed by atoms with Crippen LogP contribution in [0.2, 0.25) is 0 Å². The lowest BCUT2D eigenvalue weighted by Crippen LogP contribution is -2.41. The van der Waals surface area contributed by atoms with Gasteiger partial charge in [0.2, 0.25) is 15.9 Å². The maximum atomic E-state index is 12.9. The third-order valence-electron chi connectivity index (χ3n) is 5.86. The van der Waals surface area contributed by atoms with Crippen molar-refractivity contribution in [3.05, 3.63) is 53.1 Å². The van der Waals surface area contributed by atoms with Crippen LogP contribution in [0.1, 0.15) is 48.9 Å². The van der Waals surface area contributed by atoms with E-state index in [-0.39, 0.29) is 18.5 Å². The van der Waals surface area contributed by atoms with Crippen LogP contribution in [0, 0.1) is 0 Å². The molecule has 0 fully saturated rings. The maximum Gasteiger partial charge on any atom is 0.241 e. The van der Waals surface area contributed by atoms with E-state index in [0.717, 1.165) is 29.0 Å². The maximum absolute atomic E-state index is 12.9. The molecule has 1 aliphatic rings. The van der Waals surface area contributed by atoms with Crippen LogP contribution in [0.25, 0.3) is 0 Å². The minimum Gasteiger partial charge on any atom is -0.493 e. The van der Waals surface area contributed by atoms with Gasteiger partial charge in [0.15, 0.2) is 11.5 Å². The van der Waals surface area contributed by atoms with Gasteiger partial charge in [0.05, 0.1) is 32.2 Å². The van der Waals surface area contributed by atoms with Crippen LogP contribution in [-0.4, -0.2) is 41.3 Å². The Kier molecular flexibility index (Phi) is 7.66. The summed E-state index contributed by atoms with van der Waals surface area (Å²) < 4.78 is 36.5. The standard InChI is InChI=1S/C24H32N2O5S/c1-5-21(19-11-10-17-8-6-7-9-18(17)14-19)25-24(27)16-26(32(4,28)29)20-12-13-22(30-2)23(15-20)31-3/h10-15,21H,5-9,16H2,1-4H3,(H,25,27)/t21-/m1/s1. The fourth-order valence-corrected chi connectivity index (χ4v) is 4.99. The number of carbonyl (C=O) groups is 1. The molecule has 3 rings (SSSR count). The number of ether oxygens (including phenoxy) is 2. The topological polar surface area (TPSA) is 84.9 Å². The fraction of sp³-hybridized carbons (Fsp3) is 0.458. The number of carbonyl (C=O) groups excluding carboxylic acids is 1.